The highest BCUT2D eigenvalue weighted by molar-refractivity contribution is 7.13. The fourth-order valence-electron chi connectivity index (χ4n) is 3.04. The number of thiazole rings is 1. The number of carbonyl (C=O) groups is 1. The largest absolute Gasteiger partial charge is 0.334 e. The summed E-state index contributed by atoms with van der Waals surface area (Å²) in [5.41, 5.74) is 2.91. The van der Waals surface area contributed by atoms with Crippen LogP contribution in [0, 0.1) is 6.92 Å². The molecule has 116 valence electrons. The van der Waals surface area contributed by atoms with Gasteiger partial charge in [-0.15, -0.1) is 11.3 Å². The molecular weight excluding hydrogens is 292 g/mol. The molecule has 1 unspecified atom stereocenters. The van der Waals surface area contributed by atoms with Crippen molar-refractivity contribution < 1.29 is 4.79 Å². The number of hydrogen-bond donors (Lipinski definition) is 0. The van der Waals surface area contributed by atoms with E-state index in [0.717, 1.165) is 36.4 Å². The predicted molar refractivity (Wildman–Crippen MR) is 91.3 cm³/mol. The van der Waals surface area contributed by atoms with Crippen molar-refractivity contribution in [2.45, 2.75) is 45.6 Å². The summed E-state index contributed by atoms with van der Waals surface area (Å²) in [7, 11) is 0. The minimum atomic E-state index is 0.0983. The monoisotopic (exact) mass is 314 g/mol. The van der Waals surface area contributed by atoms with Crippen LogP contribution in [0.4, 0.5) is 0 Å². The van der Waals surface area contributed by atoms with Crippen molar-refractivity contribution in [3.63, 3.8) is 0 Å². The highest BCUT2D eigenvalue weighted by Crippen LogP contribution is 2.26. The number of aromatic nitrogens is 1. The smallest absolute Gasteiger partial charge is 0.273 e. The van der Waals surface area contributed by atoms with Crippen LogP contribution in [0.2, 0.25) is 0 Å². The molecule has 0 radical (unpaired) electrons. The van der Waals surface area contributed by atoms with E-state index >= 15 is 0 Å². The van der Waals surface area contributed by atoms with E-state index < -0.39 is 0 Å². The molecule has 3 nitrogen and oxygen atoms in total. The van der Waals surface area contributed by atoms with Gasteiger partial charge < -0.3 is 4.90 Å². The van der Waals surface area contributed by atoms with Gasteiger partial charge in [0.1, 0.15) is 10.7 Å². The van der Waals surface area contributed by atoms with Crippen LogP contribution in [0.5, 0.6) is 0 Å². The Balaban J connectivity index is 1.80. The fraction of sp³-hybridized carbons (Fsp3) is 0.444. The number of likely N-dealkylation sites (tertiary alicyclic amines) is 1. The maximum atomic E-state index is 12.7. The van der Waals surface area contributed by atoms with E-state index in [0.29, 0.717) is 11.7 Å². The summed E-state index contributed by atoms with van der Waals surface area (Å²) >= 11 is 1.55. The molecule has 4 heteroatoms. The molecule has 2 aromatic rings. The van der Waals surface area contributed by atoms with Gasteiger partial charge in [-0.05, 0) is 32.6 Å². The number of piperidine rings is 1. The van der Waals surface area contributed by atoms with Crippen LogP contribution in [0.25, 0.3) is 10.6 Å². The lowest BCUT2D eigenvalue weighted by molar-refractivity contribution is 0.0603. The van der Waals surface area contributed by atoms with Gasteiger partial charge in [0, 0.05) is 23.5 Å². The topological polar surface area (TPSA) is 33.2 Å². The first-order valence-corrected chi connectivity index (χ1v) is 8.90. The molecule has 0 bridgehead atoms. The Bertz CT molecular complexity index is 647. The molecule has 0 aliphatic carbocycles. The normalized spacial score (nSPS) is 18.5. The van der Waals surface area contributed by atoms with Crippen molar-refractivity contribution >= 4 is 17.2 Å². The Morgan fingerprint density at radius 1 is 1.32 bits per heavy atom. The number of carbonyl (C=O) groups excluding carboxylic acids is 1. The molecule has 1 aromatic carbocycles. The van der Waals surface area contributed by atoms with Crippen molar-refractivity contribution in [3.05, 3.63) is 40.9 Å². The zero-order chi connectivity index (χ0) is 15.5. The van der Waals surface area contributed by atoms with E-state index in [1.165, 1.54) is 12.0 Å². The molecule has 1 atom stereocenters. The van der Waals surface area contributed by atoms with E-state index in [1.54, 1.807) is 11.3 Å². The quantitative estimate of drug-likeness (QED) is 0.834. The molecule has 1 aromatic heterocycles. The molecular formula is C18H22N2OS. The Morgan fingerprint density at radius 3 is 2.82 bits per heavy atom. The Labute approximate surface area is 136 Å². The molecule has 22 heavy (non-hydrogen) atoms. The van der Waals surface area contributed by atoms with Crippen molar-refractivity contribution in [1.29, 1.82) is 0 Å². The molecule has 1 amide bonds. The molecule has 0 N–H and O–H groups in total. The summed E-state index contributed by atoms with van der Waals surface area (Å²) in [6.45, 7) is 5.10. The lowest BCUT2D eigenvalue weighted by atomic mass is 10.00. The van der Waals surface area contributed by atoms with E-state index in [4.69, 9.17) is 0 Å². The minimum Gasteiger partial charge on any atom is -0.334 e. The van der Waals surface area contributed by atoms with E-state index in [9.17, 15) is 4.79 Å². The second-order valence-electron chi connectivity index (χ2n) is 5.96. The fourth-order valence-corrected chi connectivity index (χ4v) is 3.84. The average molecular weight is 314 g/mol. The third kappa shape index (κ3) is 3.07. The van der Waals surface area contributed by atoms with Gasteiger partial charge in [0.05, 0.1) is 0 Å². The van der Waals surface area contributed by atoms with Crippen LogP contribution in [-0.2, 0) is 0 Å². The van der Waals surface area contributed by atoms with Crippen LogP contribution >= 0.6 is 11.3 Å². The van der Waals surface area contributed by atoms with Crippen molar-refractivity contribution in [3.8, 4) is 10.6 Å². The van der Waals surface area contributed by atoms with Gasteiger partial charge >= 0.3 is 0 Å². The summed E-state index contributed by atoms with van der Waals surface area (Å²) in [4.78, 5) is 19.3. The molecule has 2 heterocycles. The van der Waals surface area contributed by atoms with E-state index in [-0.39, 0.29) is 5.91 Å². The van der Waals surface area contributed by atoms with Gasteiger partial charge in [0.2, 0.25) is 0 Å². The van der Waals surface area contributed by atoms with Crippen LogP contribution in [0.3, 0.4) is 0 Å². The first-order chi connectivity index (χ1) is 10.7. The van der Waals surface area contributed by atoms with E-state index in [1.807, 2.05) is 10.3 Å². The van der Waals surface area contributed by atoms with E-state index in [2.05, 4.69) is 43.1 Å². The Kier molecular flexibility index (Phi) is 4.57. The van der Waals surface area contributed by atoms with Crippen molar-refractivity contribution in [2.75, 3.05) is 6.54 Å². The molecule has 0 spiro atoms. The van der Waals surface area contributed by atoms with Crippen LogP contribution in [0.1, 0.15) is 48.7 Å². The number of benzene rings is 1. The molecule has 3 rings (SSSR count). The van der Waals surface area contributed by atoms with Crippen LogP contribution in [-0.4, -0.2) is 28.4 Å². The summed E-state index contributed by atoms with van der Waals surface area (Å²) in [5, 5.41) is 2.83. The van der Waals surface area contributed by atoms with Gasteiger partial charge in [0.25, 0.3) is 5.91 Å². The summed E-state index contributed by atoms with van der Waals surface area (Å²) in [6.07, 6.45) is 4.49. The first kappa shape index (κ1) is 15.2. The zero-order valence-electron chi connectivity index (χ0n) is 13.2. The third-order valence-corrected chi connectivity index (χ3v) is 5.27. The second kappa shape index (κ2) is 6.61. The van der Waals surface area contributed by atoms with Gasteiger partial charge in [0.15, 0.2) is 0 Å². The molecule has 1 aliphatic rings. The third-order valence-electron chi connectivity index (χ3n) is 4.38. The van der Waals surface area contributed by atoms with Gasteiger partial charge in [-0.1, -0.05) is 36.8 Å². The lowest BCUT2D eigenvalue weighted by Gasteiger charge is -2.34. The van der Waals surface area contributed by atoms with Crippen molar-refractivity contribution in [1.82, 2.24) is 9.88 Å². The van der Waals surface area contributed by atoms with Gasteiger partial charge in [-0.2, -0.15) is 0 Å². The maximum Gasteiger partial charge on any atom is 0.273 e. The SMILES string of the molecule is CCC1CCCCN1C(=O)c1csc(-c2ccc(C)cc2)n1. The maximum absolute atomic E-state index is 12.7. The number of nitrogens with zero attached hydrogens (tertiary/aromatic N) is 2. The Morgan fingerprint density at radius 2 is 2.09 bits per heavy atom. The number of aryl methyl sites for hydroxylation is 1. The number of hydrogen-bond acceptors (Lipinski definition) is 3. The standard InChI is InChI=1S/C18H22N2OS/c1-3-15-6-4-5-11-20(15)18(21)16-12-22-17(19-16)14-9-7-13(2)8-10-14/h7-10,12,15H,3-6,11H2,1-2H3. The lowest BCUT2D eigenvalue weighted by Crippen LogP contribution is -2.43. The van der Waals surface area contributed by atoms with Crippen LogP contribution < -0.4 is 0 Å². The number of amides is 1. The Hall–Kier alpha value is -1.68. The predicted octanol–water partition coefficient (Wildman–Crippen LogP) is 4.52. The molecule has 1 fully saturated rings. The average Bonchev–Trinajstić information content (AvgIpc) is 3.05. The second-order valence-corrected chi connectivity index (χ2v) is 6.82. The van der Waals surface area contributed by atoms with Crippen LogP contribution in [0.15, 0.2) is 29.6 Å². The highest BCUT2D eigenvalue weighted by Gasteiger charge is 2.27. The zero-order valence-corrected chi connectivity index (χ0v) is 14.0. The summed E-state index contributed by atoms with van der Waals surface area (Å²) in [6, 6.07) is 8.67. The molecule has 1 saturated heterocycles. The molecule has 1 aliphatic heterocycles. The molecule has 0 saturated carbocycles. The summed E-state index contributed by atoms with van der Waals surface area (Å²) in [5.74, 6) is 0.0983. The highest BCUT2D eigenvalue weighted by atomic mass is 32.1. The van der Waals surface area contributed by atoms with Gasteiger partial charge in [-0.3, -0.25) is 4.79 Å². The first-order valence-electron chi connectivity index (χ1n) is 8.02. The minimum absolute atomic E-state index is 0.0983. The number of rotatable bonds is 3. The van der Waals surface area contributed by atoms with Crippen molar-refractivity contribution in [2.24, 2.45) is 0 Å². The summed E-state index contributed by atoms with van der Waals surface area (Å²) < 4.78 is 0. The van der Waals surface area contributed by atoms with Gasteiger partial charge in [-0.25, -0.2) is 4.98 Å².